The van der Waals surface area contributed by atoms with Gasteiger partial charge in [-0.1, -0.05) is 0 Å². The van der Waals surface area contributed by atoms with E-state index < -0.39 is 0 Å². The van der Waals surface area contributed by atoms with Gasteiger partial charge >= 0.3 is 5.97 Å². The number of thiophene rings is 1. The van der Waals surface area contributed by atoms with Gasteiger partial charge in [-0.2, -0.15) is 11.3 Å². The van der Waals surface area contributed by atoms with Crippen molar-refractivity contribution in [2.75, 3.05) is 6.61 Å². The van der Waals surface area contributed by atoms with Gasteiger partial charge in [0.05, 0.1) is 6.61 Å². The molecule has 0 spiro atoms. The first-order chi connectivity index (χ1) is 8.79. The molecule has 1 aliphatic rings. The molecule has 1 aromatic rings. The lowest BCUT2D eigenvalue weighted by Crippen LogP contribution is -2.15. The van der Waals surface area contributed by atoms with Crippen LogP contribution in [0.5, 0.6) is 0 Å². The van der Waals surface area contributed by atoms with E-state index in [2.05, 4.69) is 16.8 Å². The number of hydrogen-bond donors (Lipinski definition) is 0. The van der Waals surface area contributed by atoms with Crippen molar-refractivity contribution in [2.45, 2.75) is 51.4 Å². The molecule has 0 atom stereocenters. The number of ether oxygens (including phenoxy) is 1. The molecule has 0 N–H and O–H groups in total. The maximum absolute atomic E-state index is 11.3. The average Bonchev–Trinajstić information content (AvgIpc) is 2.91. The summed E-state index contributed by atoms with van der Waals surface area (Å²) in [6, 6.07) is 2.26. The summed E-state index contributed by atoms with van der Waals surface area (Å²) in [7, 11) is 0. The fourth-order valence-corrected chi connectivity index (χ4v) is 3.59. The Bertz CT molecular complexity index is 351. The Kier molecular flexibility index (Phi) is 5.24. The lowest BCUT2D eigenvalue weighted by atomic mass is 9.78. The van der Waals surface area contributed by atoms with Crippen LogP contribution in [-0.4, -0.2) is 12.6 Å². The van der Waals surface area contributed by atoms with E-state index in [9.17, 15) is 4.79 Å². The molecule has 0 aliphatic heterocycles. The molecule has 0 amide bonds. The minimum atomic E-state index is -0.0301. The first-order valence-corrected chi connectivity index (χ1v) is 7.91. The van der Waals surface area contributed by atoms with Gasteiger partial charge in [-0.25, -0.2) is 0 Å². The molecule has 0 unspecified atom stereocenters. The van der Waals surface area contributed by atoms with Gasteiger partial charge in [-0.15, -0.1) is 0 Å². The molecule has 1 saturated carbocycles. The lowest BCUT2D eigenvalue weighted by Gasteiger charge is -2.28. The second kappa shape index (κ2) is 6.93. The number of rotatable bonds is 5. The van der Waals surface area contributed by atoms with E-state index in [0.717, 1.165) is 18.3 Å². The van der Waals surface area contributed by atoms with E-state index in [1.165, 1.54) is 31.2 Å². The van der Waals surface area contributed by atoms with Crippen LogP contribution in [0.15, 0.2) is 16.8 Å². The van der Waals surface area contributed by atoms with Gasteiger partial charge in [0.15, 0.2) is 0 Å². The molecule has 0 aromatic carbocycles. The first-order valence-electron chi connectivity index (χ1n) is 6.97. The number of carbonyl (C=O) groups is 1. The van der Waals surface area contributed by atoms with Crippen LogP contribution in [0.2, 0.25) is 0 Å². The molecule has 1 heterocycles. The van der Waals surface area contributed by atoms with E-state index >= 15 is 0 Å². The molecule has 2 rings (SSSR count). The molecule has 0 radical (unpaired) electrons. The Morgan fingerprint density at radius 1 is 1.39 bits per heavy atom. The molecule has 1 aliphatic carbocycles. The monoisotopic (exact) mass is 266 g/mol. The Morgan fingerprint density at radius 3 is 2.78 bits per heavy atom. The SMILES string of the molecule is CCOC(=O)CCC1CCC(c2ccsc2)CC1. The zero-order valence-corrected chi connectivity index (χ0v) is 11.9. The molecular formula is C15H22O2S. The third-order valence-corrected chi connectivity index (χ3v) is 4.62. The van der Waals surface area contributed by atoms with Crippen molar-refractivity contribution >= 4 is 17.3 Å². The van der Waals surface area contributed by atoms with Crippen molar-refractivity contribution in [1.29, 1.82) is 0 Å². The highest BCUT2D eigenvalue weighted by atomic mass is 32.1. The van der Waals surface area contributed by atoms with Crippen LogP contribution in [-0.2, 0) is 9.53 Å². The lowest BCUT2D eigenvalue weighted by molar-refractivity contribution is -0.143. The van der Waals surface area contributed by atoms with E-state index in [1.54, 1.807) is 11.3 Å². The molecule has 0 saturated heterocycles. The van der Waals surface area contributed by atoms with Crippen LogP contribution >= 0.6 is 11.3 Å². The third kappa shape index (κ3) is 3.84. The predicted molar refractivity (Wildman–Crippen MR) is 74.9 cm³/mol. The molecule has 2 nitrogen and oxygen atoms in total. The summed E-state index contributed by atoms with van der Waals surface area (Å²) in [6.45, 7) is 2.37. The van der Waals surface area contributed by atoms with Crippen molar-refractivity contribution in [2.24, 2.45) is 5.92 Å². The Balaban J connectivity index is 1.69. The van der Waals surface area contributed by atoms with Gasteiger partial charge in [0.25, 0.3) is 0 Å². The maximum Gasteiger partial charge on any atom is 0.305 e. The minimum absolute atomic E-state index is 0.0301. The molecule has 18 heavy (non-hydrogen) atoms. The summed E-state index contributed by atoms with van der Waals surface area (Å²) >= 11 is 1.79. The van der Waals surface area contributed by atoms with E-state index in [-0.39, 0.29) is 5.97 Å². The van der Waals surface area contributed by atoms with Gasteiger partial charge < -0.3 is 4.74 Å². The summed E-state index contributed by atoms with van der Waals surface area (Å²) in [5.74, 6) is 1.46. The fraction of sp³-hybridized carbons (Fsp3) is 0.667. The highest BCUT2D eigenvalue weighted by Crippen LogP contribution is 2.38. The highest BCUT2D eigenvalue weighted by Gasteiger charge is 2.23. The molecular weight excluding hydrogens is 244 g/mol. The van der Waals surface area contributed by atoms with E-state index in [4.69, 9.17) is 4.74 Å². The highest BCUT2D eigenvalue weighted by molar-refractivity contribution is 7.07. The summed E-state index contributed by atoms with van der Waals surface area (Å²) in [5, 5.41) is 4.45. The maximum atomic E-state index is 11.3. The zero-order valence-electron chi connectivity index (χ0n) is 11.1. The van der Waals surface area contributed by atoms with Crippen LogP contribution in [0.4, 0.5) is 0 Å². The first kappa shape index (κ1) is 13.6. The average molecular weight is 266 g/mol. The summed E-state index contributed by atoms with van der Waals surface area (Å²) in [5.41, 5.74) is 1.52. The van der Waals surface area contributed by atoms with Crippen LogP contribution in [0, 0.1) is 5.92 Å². The summed E-state index contributed by atoms with van der Waals surface area (Å²) in [6.07, 6.45) is 6.70. The van der Waals surface area contributed by atoms with Crippen LogP contribution < -0.4 is 0 Å². The van der Waals surface area contributed by atoms with Crippen LogP contribution in [0.1, 0.15) is 56.9 Å². The van der Waals surface area contributed by atoms with Gasteiger partial charge in [0.2, 0.25) is 0 Å². The topological polar surface area (TPSA) is 26.3 Å². The van der Waals surface area contributed by atoms with Crippen molar-refractivity contribution in [3.8, 4) is 0 Å². The predicted octanol–water partition coefficient (Wildman–Crippen LogP) is 4.37. The quantitative estimate of drug-likeness (QED) is 0.740. The summed E-state index contributed by atoms with van der Waals surface area (Å²) in [4.78, 5) is 11.3. The van der Waals surface area contributed by atoms with Gasteiger partial charge in [0, 0.05) is 6.42 Å². The summed E-state index contributed by atoms with van der Waals surface area (Å²) < 4.78 is 4.98. The third-order valence-electron chi connectivity index (χ3n) is 3.92. The zero-order chi connectivity index (χ0) is 12.8. The number of hydrogen-bond acceptors (Lipinski definition) is 3. The smallest absolute Gasteiger partial charge is 0.305 e. The Labute approximate surface area is 113 Å². The molecule has 1 fully saturated rings. The Morgan fingerprint density at radius 2 is 2.17 bits per heavy atom. The van der Waals surface area contributed by atoms with Crippen LogP contribution in [0.3, 0.4) is 0 Å². The van der Waals surface area contributed by atoms with E-state index in [1.807, 2.05) is 6.92 Å². The van der Waals surface area contributed by atoms with Crippen molar-refractivity contribution in [3.05, 3.63) is 22.4 Å². The largest absolute Gasteiger partial charge is 0.466 e. The Hall–Kier alpha value is -0.830. The van der Waals surface area contributed by atoms with Gasteiger partial charge in [0.1, 0.15) is 0 Å². The molecule has 1 aromatic heterocycles. The second-order valence-corrected chi connectivity index (χ2v) is 5.90. The van der Waals surface area contributed by atoms with Gasteiger partial charge in [-0.3, -0.25) is 4.79 Å². The number of carbonyl (C=O) groups excluding carboxylic acids is 1. The fourth-order valence-electron chi connectivity index (χ4n) is 2.85. The van der Waals surface area contributed by atoms with Crippen molar-refractivity contribution in [3.63, 3.8) is 0 Å². The second-order valence-electron chi connectivity index (χ2n) is 5.12. The van der Waals surface area contributed by atoms with Crippen molar-refractivity contribution in [1.82, 2.24) is 0 Å². The molecule has 0 bridgehead atoms. The molecule has 3 heteroatoms. The van der Waals surface area contributed by atoms with Crippen molar-refractivity contribution < 1.29 is 9.53 Å². The van der Waals surface area contributed by atoms with E-state index in [0.29, 0.717) is 13.0 Å². The molecule has 100 valence electrons. The standard InChI is InChI=1S/C15H22O2S/c1-2-17-15(16)8-5-12-3-6-13(7-4-12)14-9-10-18-11-14/h9-13H,2-8H2,1H3. The normalized spacial score (nSPS) is 23.8. The minimum Gasteiger partial charge on any atom is -0.466 e. The van der Waals surface area contributed by atoms with Crippen LogP contribution in [0.25, 0.3) is 0 Å². The number of esters is 1. The van der Waals surface area contributed by atoms with Gasteiger partial charge in [-0.05, 0) is 73.3 Å².